The molecule has 11 nitrogen and oxygen atoms in total. The number of phenolic OH excluding ortho intramolecular Hbond substituents is 1. The van der Waals surface area contributed by atoms with Gasteiger partial charge in [-0.25, -0.2) is 5.43 Å². The topological polar surface area (TPSA) is 145 Å². The molecule has 0 bridgehead atoms. The number of amides is 1. The highest BCUT2D eigenvalue weighted by Crippen LogP contribution is 2.22. The number of carbonyl (C=O) groups excluding carboxylic acids is 1. The molecular formula is C18H15BrN6O5. The highest BCUT2D eigenvalue weighted by molar-refractivity contribution is 9.10. The summed E-state index contributed by atoms with van der Waals surface area (Å²) in [5, 5.41) is 28.2. The summed E-state index contributed by atoms with van der Waals surface area (Å²) in [7, 11) is 1.50. The van der Waals surface area contributed by atoms with E-state index in [-0.39, 0.29) is 17.9 Å². The molecule has 1 aromatic heterocycles. The zero-order chi connectivity index (χ0) is 21.7. The van der Waals surface area contributed by atoms with Crippen LogP contribution in [-0.4, -0.2) is 44.0 Å². The minimum absolute atomic E-state index is 0.0738. The molecule has 154 valence electrons. The van der Waals surface area contributed by atoms with Crippen molar-refractivity contribution in [2.75, 3.05) is 7.11 Å². The van der Waals surface area contributed by atoms with Crippen molar-refractivity contribution in [1.82, 2.24) is 20.2 Å². The van der Waals surface area contributed by atoms with Crippen molar-refractivity contribution in [3.63, 3.8) is 0 Å². The number of carbonyl (C=O) groups is 1. The quantitative estimate of drug-likeness (QED) is 0.303. The van der Waals surface area contributed by atoms with Crippen molar-refractivity contribution < 1.29 is 19.6 Å². The fraction of sp³-hybridized carbons (Fsp3) is 0.111. The fourth-order valence-corrected chi connectivity index (χ4v) is 2.90. The molecule has 0 unspecified atom stereocenters. The van der Waals surface area contributed by atoms with Crippen LogP contribution in [0, 0.1) is 10.1 Å². The van der Waals surface area contributed by atoms with Crippen LogP contribution < -0.4 is 10.2 Å². The molecule has 3 aromatic rings. The largest absolute Gasteiger partial charge is 0.507 e. The van der Waals surface area contributed by atoms with Gasteiger partial charge in [-0.1, -0.05) is 20.9 Å². The van der Waals surface area contributed by atoms with Crippen LogP contribution in [0.15, 0.2) is 52.3 Å². The molecule has 0 spiro atoms. The monoisotopic (exact) mass is 474 g/mol. The molecule has 2 aromatic carbocycles. The van der Waals surface area contributed by atoms with Crippen LogP contribution in [0.2, 0.25) is 0 Å². The van der Waals surface area contributed by atoms with Gasteiger partial charge in [-0.15, -0.1) is 0 Å². The second-order valence-electron chi connectivity index (χ2n) is 5.93. The number of nitrogens with zero attached hydrogens (tertiary/aromatic N) is 5. The van der Waals surface area contributed by atoms with Crippen LogP contribution in [0.5, 0.6) is 11.5 Å². The van der Waals surface area contributed by atoms with E-state index in [1.807, 2.05) is 0 Å². The molecule has 0 saturated heterocycles. The van der Waals surface area contributed by atoms with Gasteiger partial charge in [-0.05, 0) is 46.9 Å². The summed E-state index contributed by atoms with van der Waals surface area (Å²) >= 11 is 3.24. The normalized spacial score (nSPS) is 10.9. The van der Waals surface area contributed by atoms with E-state index in [1.165, 1.54) is 36.5 Å². The number of aromatic nitrogens is 3. The number of phenols is 1. The standard InChI is InChI=1S/C18H15BrN6O5/c1-30-16-5-2-11(6-12(16)9-24-10-20-18(23-24)25(28)29)8-21-22-17(27)14-7-13(19)3-4-15(14)26/h2-8,10,26H,9H2,1H3,(H,22,27)/b21-8-. The predicted molar refractivity (Wildman–Crippen MR) is 110 cm³/mol. The number of ether oxygens (including phenoxy) is 1. The average Bonchev–Trinajstić information content (AvgIpc) is 3.19. The Morgan fingerprint density at radius 1 is 1.40 bits per heavy atom. The summed E-state index contributed by atoms with van der Waals surface area (Å²) in [6, 6.07) is 9.63. The van der Waals surface area contributed by atoms with E-state index in [0.29, 0.717) is 21.3 Å². The first-order valence-electron chi connectivity index (χ1n) is 8.40. The number of methoxy groups -OCH3 is 1. The predicted octanol–water partition coefficient (Wildman–Crippen LogP) is 2.48. The molecule has 30 heavy (non-hydrogen) atoms. The SMILES string of the molecule is COc1ccc(/C=N\NC(=O)c2cc(Br)ccc2O)cc1Cn1cnc([N+](=O)[O-])n1. The van der Waals surface area contributed by atoms with Crippen LogP contribution in [0.25, 0.3) is 0 Å². The second-order valence-corrected chi connectivity index (χ2v) is 6.85. The van der Waals surface area contributed by atoms with Gasteiger partial charge < -0.3 is 20.0 Å². The molecule has 0 aliphatic heterocycles. The molecule has 0 radical (unpaired) electrons. The molecule has 2 N–H and O–H groups in total. The molecule has 0 saturated carbocycles. The summed E-state index contributed by atoms with van der Waals surface area (Å²) < 4.78 is 7.27. The van der Waals surface area contributed by atoms with Gasteiger partial charge in [0.15, 0.2) is 0 Å². The number of nitrogens with one attached hydrogen (secondary N) is 1. The van der Waals surface area contributed by atoms with Crippen LogP contribution in [0.1, 0.15) is 21.5 Å². The van der Waals surface area contributed by atoms with Crippen LogP contribution >= 0.6 is 15.9 Å². The Balaban J connectivity index is 1.74. The Kier molecular flexibility index (Phi) is 6.37. The van der Waals surface area contributed by atoms with E-state index in [4.69, 9.17) is 4.74 Å². The van der Waals surface area contributed by atoms with E-state index in [9.17, 15) is 20.0 Å². The van der Waals surface area contributed by atoms with Crippen molar-refractivity contribution >= 4 is 34.0 Å². The highest BCUT2D eigenvalue weighted by atomic mass is 79.9. The van der Waals surface area contributed by atoms with Crippen molar-refractivity contribution in [1.29, 1.82) is 0 Å². The van der Waals surface area contributed by atoms with Gasteiger partial charge in [-0.3, -0.25) is 4.79 Å². The third kappa shape index (κ3) is 4.97. The number of hydrogen-bond donors (Lipinski definition) is 2. The van der Waals surface area contributed by atoms with Crippen molar-refractivity contribution in [3.05, 3.63) is 74.0 Å². The van der Waals surface area contributed by atoms with Crippen molar-refractivity contribution in [3.8, 4) is 11.5 Å². The number of hydrogen-bond acceptors (Lipinski definition) is 8. The van der Waals surface area contributed by atoms with Crippen molar-refractivity contribution in [2.45, 2.75) is 6.54 Å². The van der Waals surface area contributed by atoms with E-state index in [1.54, 1.807) is 24.3 Å². The Morgan fingerprint density at radius 2 is 2.20 bits per heavy atom. The van der Waals surface area contributed by atoms with Gasteiger partial charge in [0.1, 0.15) is 11.5 Å². The lowest BCUT2D eigenvalue weighted by Crippen LogP contribution is -2.17. The summed E-state index contributed by atoms with van der Waals surface area (Å²) in [6.07, 6.45) is 2.67. The van der Waals surface area contributed by atoms with Crippen LogP contribution in [-0.2, 0) is 6.54 Å². The molecule has 0 fully saturated rings. The number of hydrazone groups is 1. The van der Waals surface area contributed by atoms with E-state index in [0.717, 1.165) is 0 Å². The number of rotatable bonds is 7. The third-order valence-electron chi connectivity index (χ3n) is 3.91. The van der Waals surface area contributed by atoms with Gasteiger partial charge in [0, 0.05) is 15.1 Å². The first kappa shape index (κ1) is 20.9. The van der Waals surface area contributed by atoms with Gasteiger partial charge in [0.05, 0.1) is 25.4 Å². The Bertz CT molecular complexity index is 1130. The smallest absolute Gasteiger partial charge is 0.490 e. The van der Waals surface area contributed by atoms with Crippen LogP contribution in [0.4, 0.5) is 5.95 Å². The zero-order valence-corrected chi connectivity index (χ0v) is 17.1. The van der Waals surface area contributed by atoms with Gasteiger partial charge in [0.2, 0.25) is 6.33 Å². The maximum absolute atomic E-state index is 12.2. The zero-order valence-electron chi connectivity index (χ0n) is 15.5. The first-order chi connectivity index (χ1) is 14.4. The van der Waals surface area contributed by atoms with Gasteiger partial charge in [0.25, 0.3) is 5.91 Å². The molecule has 1 heterocycles. The summed E-state index contributed by atoms with van der Waals surface area (Å²) in [6.45, 7) is 0.184. The molecule has 0 aliphatic rings. The maximum Gasteiger partial charge on any atom is 0.490 e. The summed E-state index contributed by atoms with van der Waals surface area (Å²) in [5.74, 6) is -0.688. The lowest BCUT2D eigenvalue weighted by molar-refractivity contribution is -0.394. The maximum atomic E-state index is 12.2. The molecule has 3 rings (SSSR count). The minimum Gasteiger partial charge on any atom is -0.507 e. The summed E-state index contributed by atoms with van der Waals surface area (Å²) in [4.78, 5) is 25.8. The third-order valence-corrected chi connectivity index (χ3v) is 4.40. The second kappa shape index (κ2) is 9.13. The lowest BCUT2D eigenvalue weighted by atomic mass is 10.1. The van der Waals surface area contributed by atoms with Gasteiger partial charge in [-0.2, -0.15) is 9.78 Å². The Labute approximate surface area is 178 Å². The highest BCUT2D eigenvalue weighted by Gasteiger charge is 2.15. The number of aromatic hydroxyl groups is 1. The van der Waals surface area contributed by atoms with Crippen molar-refractivity contribution in [2.24, 2.45) is 5.10 Å². The van der Waals surface area contributed by atoms with E-state index in [2.05, 4.69) is 36.5 Å². The number of nitro groups is 1. The first-order valence-corrected chi connectivity index (χ1v) is 9.19. The minimum atomic E-state index is -0.678. The summed E-state index contributed by atoms with van der Waals surface area (Å²) in [5.41, 5.74) is 3.73. The van der Waals surface area contributed by atoms with Gasteiger partial charge >= 0.3 is 5.95 Å². The number of halogens is 1. The molecule has 0 atom stereocenters. The van der Waals surface area contributed by atoms with E-state index < -0.39 is 16.8 Å². The fourth-order valence-electron chi connectivity index (χ4n) is 2.54. The Hall–Kier alpha value is -3.80. The average molecular weight is 475 g/mol. The molecule has 0 aliphatic carbocycles. The molecule has 1 amide bonds. The molecule has 12 heteroatoms. The lowest BCUT2D eigenvalue weighted by Gasteiger charge is -2.08. The van der Waals surface area contributed by atoms with E-state index >= 15 is 0 Å². The Morgan fingerprint density at radius 3 is 2.90 bits per heavy atom. The number of benzene rings is 2. The molecular weight excluding hydrogens is 460 g/mol. The van der Waals surface area contributed by atoms with Crippen LogP contribution in [0.3, 0.4) is 0 Å².